The number of nitrogens with zero attached hydrogens (tertiary/aromatic N) is 1. The zero-order valence-electron chi connectivity index (χ0n) is 19.7. The molecule has 2 aliphatic rings. The molecular weight excluding hydrogens is 442 g/mol. The van der Waals surface area contributed by atoms with Gasteiger partial charge in [0, 0.05) is 13.0 Å². The van der Waals surface area contributed by atoms with E-state index in [0.29, 0.717) is 24.3 Å². The van der Waals surface area contributed by atoms with E-state index in [0.717, 1.165) is 28.7 Å². The highest BCUT2D eigenvalue weighted by Crippen LogP contribution is 2.47. The van der Waals surface area contributed by atoms with Crippen LogP contribution in [0.25, 0.3) is 6.08 Å². The summed E-state index contributed by atoms with van der Waals surface area (Å²) in [7, 11) is 1.50. The largest absolute Gasteiger partial charge is 0.508 e. The van der Waals surface area contributed by atoms with Gasteiger partial charge in [0.2, 0.25) is 11.8 Å². The maximum absolute atomic E-state index is 12.8. The van der Waals surface area contributed by atoms with Gasteiger partial charge in [-0.15, -0.1) is 0 Å². The second-order valence-corrected chi connectivity index (χ2v) is 9.82. The molecule has 7 heteroatoms. The molecule has 6 nitrogen and oxygen atoms in total. The number of aliphatic hydroxyl groups is 2. The highest BCUT2D eigenvalue weighted by Gasteiger charge is 2.53. The first kappa shape index (κ1) is 25.5. The summed E-state index contributed by atoms with van der Waals surface area (Å²) in [6, 6.07) is 4.84. The van der Waals surface area contributed by atoms with Gasteiger partial charge in [-0.2, -0.15) is 0 Å². The summed E-state index contributed by atoms with van der Waals surface area (Å²) in [4.78, 5) is 26.6. The van der Waals surface area contributed by atoms with Crippen LogP contribution in [0.4, 0.5) is 0 Å². The predicted molar refractivity (Wildman–Crippen MR) is 128 cm³/mol. The normalized spacial score (nSPS) is 24.7. The average molecular weight is 476 g/mol. The topological polar surface area (TPSA) is 98.1 Å². The van der Waals surface area contributed by atoms with Crippen LogP contribution < -0.4 is 0 Å². The van der Waals surface area contributed by atoms with E-state index in [1.54, 1.807) is 12.1 Å². The summed E-state index contributed by atoms with van der Waals surface area (Å²) in [5, 5.41) is 31.5. The number of fused-ring (bicyclic) bond motifs is 1. The van der Waals surface area contributed by atoms with Crippen molar-refractivity contribution >= 4 is 29.5 Å². The zero-order valence-corrected chi connectivity index (χ0v) is 20.5. The van der Waals surface area contributed by atoms with Gasteiger partial charge in [0.05, 0.1) is 29.6 Å². The molecule has 1 aromatic carbocycles. The molecule has 0 unspecified atom stereocenters. The van der Waals surface area contributed by atoms with Gasteiger partial charge in [-0.05, 0) is 60.9 Å². The van der Waals surface area contributed by atoms with Crippen molar-refractivity contribution in [2.45, 2.75) is 52.6 Å². The third kappa shape index (κ3) is 5.03. The number of aromatic hydroxyl groups is 1. The first-order valence-electron chi connectivity index (χ1n) is 11.6. The number of phenols is 1. The molecule has 0 bridgehead atoms. The smallest absolute Gasteiger partial charge is 0.233 e. The number of hydrogen-bond acceptors (Lipinski definition) is 5. The van der Waals surface area contributed by atoms with Crippen LogP contribution in [0, 0.1) is 23.7 Å². The van der Waals surface area contributed by atoms with Crippen molar-refractivity contribution in [1.29, 1.82) is 0 Å². The predicted octanol–water partition coefficient (Wildman–Crippen LogP) is 4.18. The van der Waals surface area contributed by atoms with E-state index < -0.39 is 23.9 Å². The molecule has 1 fully saturated rings. The minimum atomic E-state index is -0.820. The van der Waals surface area contributed by atoms with Crippen molar-refractivity contribution in [2.24, 2.45) is 23.7 Å². The molecule has 2 amide bonds. The lowest BCUT2D eigenvalue weighted by Crippen LogP contribution is -2.39. The Labute approximate surface area is 200 Å². The Balaban J connectivity index is 1.87. The Morgan fingerprint density at radius 2 is 1.97 bits per heavy atom. The number of amides is 2. The van der Waals surface area contributed by atoms with Gasteiger partial charge in [-0.1, -0.05) is 49.6 Å². The number of likely N-dealkylation sites (tertiary alicyclic amines) is 1. The third-order valence-corrected chi connectivity index (χ3v) is 7.46. The Bertz CT molecular complexity index is 983. The first-order valence-corrected chi connectivity index (χ1v) is 12.0. The number of carbonyl (C=O) groups excluding carboxylic acids is 2. The Kier molecular flexibility index (Phi) is 8.04. The third-order valence-electron chi connectivity index (χ3n) is 7.13. The number of benzene rings is 1. The van der Waals surface area contributed by atoms with Crippen molar-refractivity contribution in [1.82, 2.24) is 4.90 Å². The van der Waals surface area contributed by atoms with Gasteiger partial charge in [0.1, 0.15) is 5.75 Å². The molecule has 1 aliphatic carbocycles. The lowest BCUT2D eigenvalue weighted by molar-refractivity contribution is -0.138. The molecule has 3 N–H and O–H groups in total. The number of rotatable bonds is 8. The van der Waals surface area contributed by atoms with Crippen LogP contribution in [0.1, 0.15) is 52.0 Å². The average Bonchev–Trinajstić information content (AvgIpc) is 3.00. The molecule has 1 saturated heterocycles. The van der Waals surface area contributed by atoms with E-state index in [9.17, 15) is 24.9 Å². The van der Waals surface area contributed by atoms with Gasteiger partial charge in [0.15, 0.2) is 0 Å². The minimum absolute atomic E-state index is 0.0930. The summed E-state index contributed by atoms with van der Waals surface area (Å²) in [5.41, 5.74) is 3.59. The molecule has 0 spiro atoms. The molecule has 1 aromatic rings. The number of allylic oxidation sites excluding steroid dienone is 2. The van der Waals surface area contributed by atoms with Crippen molar-refractivity contribution in [3.05, 3.63) is 45.5 Å². The maximum atomic E-state index is 12.8. The van der Waals surface area contributed by atoms with E-state index in [1.165, 1.54) is 18.0 Å². The lowest BCUT2D eigenvalue weighted by Gasteiger charge is -2.38. The summed E-state index contributed by atoms with van der Waals surface area (Å²) in [6.45, 7) is 5.79. The van der Waals surface area contributed by atoms with Crippen LogP contribution in [0.5, 0.6) is 5.75 Å². The fraction of sp³-hybridized carbons (Fsp3) is 0.538. The monoisotopic (exact) mass is 475 g/mol. The molecule has 33 heavy (non-hydrogen) atoms. The van der Waals surface area contributed by atoms with Gasteiger partial charge in [-0.25, -0.2) is 0 Å². The molecule has 4 atom stereocenters. The quantitative estimate of drug-likeness (QED) is 0.387. The van der Waals surface area contributed by atoms with Crippen molar-refractivity contribution in [3.63, 3.8) is 0 Å². The second kappa shape index (κ2) is 10.4. The summed E-state index contributed by atoms with van der Waals surface area (Å²) < 4.78 is 0. The SMILES string of the molecule is CC/C(=C\c1ccc(O)cc1Cl)CC[C@@H](O)C1=C(C(C)C)C[C@H]2C(=O)N(C)C(=O)[C@H]2[C@H]1CO. The lowest BCUT2D eigenvalue weighted by atomic mass is 9.66. The van der Waals surface area contributed by atoms with Crippen LogP contribution in [0.2, 0.25) is 5.02 Å². The standard InChI is InChI=1S/C26H34ClNO5/c1-5-15(10-16-7-8-17(30)11-21(16)27)6-9-22(31)23-18(14(2)3)12-19-24(20(23)13-29)26(33)28(4)25(19)32/h7-8,10-11,14,19-20,22,24,29-31H,5-6,9,12-13H2,1-4H3/b15-10+/t19-,20+,22-,24-/m1/s1. The van der Waals surface area contributed by atoms with Gasteiger partial charge in [-0.3, -0.25) is 14.5 Å². The number of carbonyl (C=O) groups is 2. The molecule has 1 aliphatic heterocycles. The van der Waals surface area contributed by atoms with E-state index >= 15 is 0 Å². The fourth-order valence-corrected chi connectivity index (χ4v) is 5.51. The van der Waals surface area contributed by atoms with Gasteiger partial charge in [0.25, 0.3) is 0 Å². The molecule has 3 rings (SSSR count). The van der Waals surface area contributed by atoms with Crippen molar-refractivity contribution < 1.29 is 24.9 Å². The van der Waals surface area contributed by atoms with E-state index in [1.807, 2.05) is 26.8 Å². The highest BCUT2D eigenvalue weighted by atomic mass is 35.5. The number of halogens is 1. The summed E-state index contributed by atoms with van der Waals surface area (Å²) >= 11 is 6.24. The molecule has 0 radical (unpaired) electrons. The Morgan fingerprint density at radius 3 is 2.55 bits per heavy atom. The number of imide groups is 1. The van der Waals surface area contributed by atoms with Crippen LogP contribution in [-0.2, 0) is 9.59 Å². The zero-order chi connectivity index (χ0) is 24.4. The fourth-order valence-electron chi connectivity index (χ4n) is 5.28. The van der Waals surface area contributed by atoms with Crippen molar-refractivity contribution in [2.75, 3.05) is 13.7 Å². The Hall–Kier alpha value is -2.15. The minimum Gasteiger partial charge on any atom is -0.508 e. The summed E-state index contributed by atoms with van der Waals surface area (Å²) in [6.07, 6.45) is 3.42. The highest BCUT2D eigenvalue weighted by molar-refractivity contribution is 6.32. The van der Waals surface area contributed by atoms with Crippen LogP contribution >= 0.6 is 11.6 Å². The molecule has 180 valence electrons. The molecule has 0 aromatic heterocycles. The number of aliphatic hydroxyl groups excluding tert-OH is 2. The van der Waals surface area contributed by atoms with E-state index in [2.05, 4.69) is 0 Å². The number of hydrogen-bond donors (Lipinski definition) is 3. The molecule has 1 heterocycles. The number of phenolic OH excluding ortho intramolecular Hbond substituents is 1. The van der Waals surface area contributed by atoms with E-state index in [4.69, 9.17) is 11.6 Å². The summed E-state index contributed by atoms with van der Waals surface area (Å²) in [5.74, 6) is -1.90. The maximum Gasteiger partial charge on any atom is 0.233 e. The van der Waals surface area contributed by atoms with Crippen LogP contribution in [0.3, 0.4) is 0 Å². The molecular formula is C26H34ClNO5. The first-order chi connectivity index (χ1) is 15.6. The molecule has 0 saturated carbocycles. The van der Waals surface area contributed by atoms with E-state index in [-0.39, 0.29) is 30.1 Å². The van der Waals surface area contributed by atoms with Crippen LogP contribution in [-0.4, -0.2) is 51.8 Å². The van der Waals surface area contributed by atoms with Crippen LogP contribution in [0.15, 0.2) is 34.9 Å². The van der Waals surface area contributed by atoms with Gasteiger partial charge >= 0.3 is 0 Å². The second-order valence-electron chi connectivity index (χ2n) is 9.41. The Morgan fingerprint density at radius 1 is 1.27 bits per heavy atom. The van der Waals surface area contributed by atoms with Crippen molar-refractivity contribution in [3.8, 4) is 5.75 Å². The van der Waals surface area contributed by atoms with Gasteiger partial charge < -0.3 is 15.3 Å².